The van der Waals surface area contributed by atoms with Crippen LogP contribution in [-0.4, -0.2) is 25.4 Å². The Labute approximate surface area is 81.6 Å². The van der Waals surface area contributed by atoms with E-state index in [2.05, 4.69) is 13.8 Å². The van der Waals surface area contributed by atoms with Crippen molar-refractivity contribution in [2.24, 2.45) is 0 Å². The van der Waals surface area contributed by atoms with Crippen molar-refractivity contribution in [3.63, 3.8) is 0 Å². The zero-order valence-corrected chi connectivity index (χ0v) is 8.92. The van der Waals surface area contributed by atoms with Crippen LogP contribution in [0.2, 0.25) is 0 Å². The molecule has 1 saturated carbocycles. The van der Waals surface area contributed by atoms with Crippen molar-refractivity contribution in [3.8, 4) is 0 Å². The molecule has 0 aromatic rings. The third-order valence-electron chi connectivity index (χ3n) is 2.65. The van der Waals surface area contributed by atoms with Gasteiger partial charge in [0.15, 0.2) is 0 Å². The van der Waals surface area contributed by atoms with Crippen LogP contribution < -0.4 is 0 Å². The molecule has 1 aliphatic rings. The fourth-order valence-corrected chi connectivity index (χ4v) is 2.05. The first-order valence-corrected chi connectivity index (χ1v) is 5.61. The summed E-state index contributed by atoms with van der Waals surface area (Å²) < 4.78 is 11.4. The molecule has 0 saturated heterocycles. The van der Waals surface area contributed by atoms with E-state index in [0.717, 1.165) is 13.2 Å². The minimum Gasteiger partial charge on any atom is -0.376 e. The van der Waals surface area contributed by atoms with Gasteiger partial charge in [0.2, 0.25) is 0 Å². The lowest BCUT2D eigenvalue weighted by Gasteiger charge is -2.24. The summed E-state index contributed by atoms with van der Waals surface area (Å²) in [5.74, 6) is 0. The zero-order valence-electron chi connectivity index (χ0n) is 8.92. The smallest absolute Gasteiger partial charge is 0.0836 e. The van der Waals surface area contributed by atoms with Crippen LogP contribution in [0.1, 0.15) is 46.0 Å². The lowest BCUT2D eigenvalue weighted by Crippen LogP contribution is -2.30. The highest BCUT2D eigenvalue weighted by atomic mass is 16.5. The van der Waals surface area contributed by atoms with E-state index in [4.69, 9.17) is 9.47 Å². The van der Waals surface area contributed by atoms with Crippen LogP contribution >= 0.6 is 0 Å². The molecule has 2 unspecified atom stereocenters. The van der Waals surface area contributed by atoms with Gasteiger partial charge in [-0.1, -0.05) is 19.3 Å². The first-order chi connectivity index (χ1) is 6.38. The normalized spacial score (nSPS) is 30.0. The van der Waals surface area contributed by atoms with Gasteiger partial charge in [-0.3, -0.25) is 0 Å². The first kappa shape index (κ1) is 11.0. The van der Waals surface area contributed by atoms with Gasteiger partial charge >= 0.3 is 0 Å². The molecule has 2 atom stereocenters. The van der Waals surface area contributed by atoms with Crippen molar-refractivity contribution >= 4 is 0 Å². The highest BCUT2D eigenvalue weighted by molar-refractivity contribution is 4.74. The molecular weight excluding hydrogens is 164 g/mol. The second-order valence-corrected chi connectivity index (χ2v) is 3.63. The standard InChI is InChI=1S/C11H22O2/c1-3-12-10-8-6-5-7-9-11(10)13-4-2/h10-11H,3-9H2,1-2H3. The van der Waals surface area contributed by atoms with Gasteiger partial charge in [-0.2, -0.15) is 0 Å². The summed E-state index contributed by atoms with van der Waals surface area (Å²) >= 11 is 0. The molecule has 0 N–H and O–H groups in total. The number of hydrogen-bond donors (Lipinski definition) is 0. The van der Waals surface area contributed by atoms with E-state index in [1.165, 1.54) is 32.1 Å². The summed E-state index contributed by atoms with van der Waals surface area (Å²) in [5, 5.41) is 0. The Morgan fingerprint density at radius 1 is 0.846 bits per heavy atom. The number of rotatable bonds is 4. The molecule has 0 radical (unpaired) electrons. The quantitative estimate of drug-likeness (QED) is 0.628. The van der Waals surface area contributed by atoms with Crippen molar-refractivity contribution in [1.82, 2.24) is 0 Å². The van der Waals surface area contributed by atoms with Gasteiger partial charge in [-0.15, -0.1) is 0 Å². The minimum absolute atomic E-state index is 0.354. The Kier molecular flexibility index (Phi) is 5.40. The minimum atomic E-state index is 0.354. The average Bonchev–Trinajstić information content (AvgIpc) is 2.33. The summed E-state index contributed by atoms with van der Waals surface area (Å²) in [6, 6.07) is 0. The Bertz CT molecular complexity index is 111. The molecule has 2 nitrogen and oxygen atoms in total. The number of ether oxygens (including phenoxy) is 2. The maximum atomic E-state index is 5.70. The van der Waals surface area contributed by atoms with E-state index >= 15 is 0 Å². The molecule has 0 amide bonds. The molecular formula is C11H22O2. The van der Waals surface area contributed by atoms with Crippen LogP contribution in [0.5, 0.6) is 0 Å². The Balaban J connectivity index is 2.40. The summed E-state index contributed by atoms with van der Waals surface area (Å²) in [6.45, 7) is 5.75. The third kappa shape index (κ3) is 3.65. The molecule has 0 heterocycles. The summed E-state index contributed by atoms with van der Waals surface area (Å²) in [7, 11) is 0. The Morgan fingerprint density at radius 2 is 1.31 bits per heavy atom. The van der Waals surface area contributed by atoms with Crippen molar-refractivity contribution in [2.75, 3.05) is 13.2 Å². The summed E-state index contributed by atoms with van der Waals surface area (Å²) in [4.78, 5) is 0. The lowest BCUT2D eigenvalue weighted by atomic mass is 10.1. The molecule has 0 bridgehead atoms. The summed E-state index contributed by atoms with van der Waals surface area (Å²) in [5.41, 5.74) is 0. The van der Waals surface area contributed by atoms with E-state index in [1.807, 2.05) is 0 Å². The van der Waals surface area contributed by atoms with E-state index in [0.29, 0.717) is 12.2 Å². The highest BCUT2D eigenvalue weighted by Crippen LogP contribution is 2.22. The largest absolute Gasteiger partial charge is 0.376 e. The van der Waals surface area contributed by atoms with Gasteiger partial charge in [-0.25, -0.2) is 0 Å². The average molecular weight is 186 g/mol. The van der Waals surface area contributed by atoms with Crippen molar-refractivity contribution < 1.29 is 9.47 Å². The molecule has 0 spiro atoms. The van der Waals surface area contributed by atoms with Crippen molar-refractivity contribution in [2.45, 2.75) is 58.2 Å². The third-order valence-corrected chi connectivity index (χ3v) is 2.65. The van der Waals surface area contributed by atoms with Crippen LogP contribution in [0.3, 0.4) is 0 Å². The van der Waals surface area contributed by atoms with E-state index in [9.17, 15) is 0 Å². The molecule has 1 aliphatic carbocycles. The van der Waals surface area contributed by atoms with Gasteiger partial charge in [0, 0.05) is 13.2 Å². The van der Waals surface area contributed by atoms with Crippen LogP contribution in [0.25, 0.3) is 0 Å². The van der Waals surface area contributed by atoms with E-state index in [1.54, 1.807) is 0 Å². The van der Waals surface area contributed by atoms with Crippen molar-refractivity contribution in [3.05, 3.63) is 0 Å². The fraction of sp³-hybridized carbons (Fsp3) is 1.00. The molecule has 0 aliphatic heterocycles. The van der Waals surface area contributed by atoms with E-state index in [-0.39, 0.29) is 0 Å². The molecule has 2 heteroatoms. The van der Waals surface area contributed by atoms with Crippen molar-refractivity contribution in [1.29, 1.82) is 0 Å². The molecule has 1 rings (SSSR count). The molecule has 1 fully saturated rings. The van der Waals surface area contributed by atoms with Gasteiger partial charge in [-0.05, 0) is 26.7 Å². The van der Waals surface area contributed by atoms with Gasteiger partial charge in [0.25, 0.3) is 0 Å². The van der Waals surface area contributed by atoms with Gasteiger partial charge < -0.3 is 9.47 Å². The highest BCUT2D eigenvalue weighted by Gasteiger charge is 2.23. The fourth-order valence-electron chi connectivity index (χ4n) is 2.05. The van der Waals surface area contributed by atoms with Crippen LogP contribution in [-0.2, 0) is 9.47 Å². The van der Waals surface area contributed by atoms with Gasteiger partial charge in [0.05, 0.1) is 12.2 Å². The second kappa shape index (κ2) is 6.39. The summed E-state index contributed by atoms with van der Waals surface area (Å²) in [6.07, 6.45) is 7.01. The topological polar surface area (TPSA) is 18.5 Å². The maximum Gasteiger partial charge on any atom is 0.0836 e. The van der Waals surface area contributed by atoms with Crippen LogP contribution in [0, 0.1) is 0 Å². The Morgan fingerprint density at radius 3 is 1.69 bits per heavy atom. The van der Waals surface area contributed by atoms with Crippen LogP contribution in [0.4, 0.5) is 0 Å². The first-order valence-electron chi connectivity index (χ1n) is 5.61. The van der Waals surface area contributed by atoms with E-state index < -0.39 is 0 Å². The predicted octanol–water partition coefficient (Wildman–Crippen LogP) is 2.76. The molecule has 0 aromatic carbocycles. The maximum absolute atomic E-state index is 5.70. The monoisotopic (exact) mass is 186 g/mol. The molecule has 0 aromatic heterocycles. The molecule has 78 valence electrons. The predicted molar refractivity (Wildman–Crippen MR) is 53.9 cm³/mol. The zero-order chi connectivity index (χ0) is 9.52. The number of hydrogen-bond acceptors (Lipinski definition) is 2. The second-order valence-electron chi connectivity index (χ2n) is 3.63. The Hall–Kier alpha value is -0.0800. The lowest BCUT2D eigenvalue weighted by molar-refractivity contribution is -0.0692. The van der Waals surface area contributed by atoms with Crippen LogP contribution in [0.15, 0.2) is 0 Å². The van der Waals surface area contributed by atoms with Gasteiger partial charge in [0.1, 0.15) is 0 Å². The molecule has 13 heavy (non-hydrogen) atoms. The SMILES string of the molecule is CCOC1CCCCCC1OCC.